The van der Waals surface area contributed by atoms with Crippen molar-refractivity contribution in [1.29, 1.82) is 0 Å². The Hall–Kier alpha value is -3.07. The number of nitrogens with one attached hydrogen (secondary N) is 4. The number of carbonyl (C=O) groups excluding carboxylic acids is 2. The Labute approximate surface area is 177 Å². The molecule has 0 aliphatic carbocycles. The van der Waals surface area contributed by atoms with Gasteiger partial charge in [0.15, 0.2) is 0 Å². The Morgan fingerprint density at radius 2 is 1.60 bits per heavy atom. The molecule has 0 radical (unpaired) electrons. The van der Waals surface area contributed by atoms with Crippen molar-refractivity contribution in [1.82, 2.24) is 10.6 Å². The smallest absolute Gasteiger partial charge is 0.319 e. The van der Waals surface area contributed by atoms with Crippen molar-refractivity contribution in [2.24, 2.45) is 5.92 Å². The van der Waals surface area contributed by atoms with Crippen LogP contribution in [0.1, 0.15) is 42.7 Å². The molecule has 0 bridgehead atoms. The van der Waals surface area contributed by atoms with Gasteiger partial charge in [-0.2, -0.15) is 0 Å². The van der Waals surface area contributed by atoms with Crippen LogP contribution in [0.4, 0.5) is 16.2 Å². The fourth-order valence-corrected chi connectivity index (χ4v) is 3.30. The average molecular weight is 433 g/mol. The molecule has 2 rings (SSSR count). The highest BCUT2D eigenvalue weighted by molar-refractivity contribution is 7.92. The van der Waals surface area contributed by atoms with E-state index < -0.39 is 22.1 Å². The van der Waals surface area contributed by atoms with Gasteiger partial charge in [-0.3, -0.25) is 9.52 Å². The Kier molecular flexibility index (Phi) is 7.82. The van der Waals surface area contributed by atoms with Gasteiger partial charge in [-0.05, 0) is 48.7 Å². The number of rotatable bonds is 8. The zero-order valence-electron chi connectivity index (χ0n) is 17.5. The molecule has 162 valence electrons. The standard InChI is InChI=1S/C21H28N4O4S/c1-14(2)13-22-20(26)16-9-11-17(12-10-16)24-21(27)23-15(3)18-7-5-6-8-19(18)25-30(4,28)29/h5-12,14-15,25H,13H2,1-4H3,(H,22,26)(H2,23,24,27). The first-order valence-corrected chi connectivity index (χ1v) is 11.5. The monoisotopic (exact) mass is 432 g/mol. The number of sulfonamides is 1. The maximum Gasteiger partial charge on any atom is 0.319 e. The minimum absolute atomic E-state index is 0.164. The van der Waals surface area contributed by atoms with Crippen LogP contribution in [0.25, 0.3) is 0 Å². The van der Waals surface area contributed by atoms with Crippen molar-refractivity contribution in [3.8, 4) is 0 Å². The molecular formula is C21H28N4O4S. The summed E-state index contributed by atoms with van der Waals surface area (Å²) in [6, 6.07) is 12.5. The van der Waals surface area contributed by atoms with Gasteiger partial charge in [0.25, 0.3) is 5.91 Å². The molecule has 3 amide bonds. The van der Waals surface area contributed by atoms with Crippen molar-refractivity contribution >= 4 is 33.3 Å². The second-order valence-corrected chi connectivity index (χ2v) is 9.21. The summed E-state index contributed by atoms with van der Waals surface area (Å²) in [6.45, 7) is 6.38. The molecule has 0 heterocycles. The molecule has 0 aliphatic rings. The van der Waals surface area contributed by atoms with Gasteiger partial charge in [0.1, 0.15) is 0 Å². The van der Waals surface area contributed by atoms with Crippen LogP contribution in [0.2, 0.25) is 0 Å². The summed E-state index contributed by atoms with van der Waals surface area (Å²) in [7, 11) is -3.44. The van der Waals surface area contributed by atoms with Gasteiger partial charge < -0.3 is 16.0 Å². The third-order valence-corrected chi connectivity index (χ3v) is 4.74. The number of anilines is 2. The largest absolute Gasteiger partial charge is 0.352 e. The lowest BCUT2D eigenvalue weighted by Crippen LogP contribution is -2.31. The highest BCUT2D eigenvalue weighted by atomic mass is 32.2. The summed E-state index contributed by atoms with van der Waals surface area (Å²) >= 11 is 0. The minimum Gasteiger partial charge on any atom is -0.352 e. The van der Waals surface area contributed by atoms with E-state index in [1.807, 2.05) is 13.8 Å². The van der Waals surface area contributed by atoms with Gasteiger partial charge in [0.2, 0.25) is 10.0 Å². The normalized spacial score (nSPS) is 12.2. The van der Waals surface area contributed by atoms with Crippen molar-refractivity contribution in [3.05, 3.63) is 59.7 Å². The first-order valence-electron chi connectivity index (χ1n) is 9.57. The molecule has 1 unspecified atom stereocenters. The highest BCUT2D eigenvalue weighted by Crippen LogP contribution is 2.23. The molecular weight excluding hydrogens is 404 g/mol. The molecule has 0 saturated carbocycles. The van der Waals surface area contributed by atoms with Crippen LogP contribution in [0.15, 0.2) is 48.5 Å². The Morgan fingerprint density at radius 3 is 2.20 bits per heavy atom. The lowest BCUT2D eigenvalue weighted by atomic mass is 10.1. The van der Waals surface area contributed by atoms with E-state index in [1.165, 1.54) is 0 Å². The van der Waals surface area contributed by atoms with Crippen LogP contribution in [0.5, 0.6) is 0 Å². The number of hydrogen-bond acceptors (Lipinski definition) is 4. The minimum atomic E-state index is -3.44. The predicted octanol–water partition coefficient (Wildman–Crippen LogP) is 3.33. The molecule has 1 atom stereocenters. The van der Waals surface area contributed by atoms with E-state index in [-0.39, 0.29) is 5.91 Å². The molecule has 30 heavy (non-hydrogen) atoms. The predicted molar refractivity (Wildman–Crippen MR) is 119 cm³/mol. The molecule has 2 aromatic carbocycles. The zero-order valence-corrected chi connectivity index (χ0v) is 18.3. The lowest BCUT2D eigenvalue weighted by Gasteiger charge is -2.19. The number of carbonyl (C=O) groups is 2. The number of para-hydroxylation sites is 1. The van der Waals surface area contributed by atoms with E-state index in [4.69, 9.17) is 0 Å². The first-order chi connectivity index (χ1) is 14.0. The molecule has 0 saturated heterocycles. The van der Waals surface area contributed by atoms with E-state index in [0.29, 0.717) is 35.0 Å². The summed E-state index contributed by atoms with van der Waals surface area (Å²) in [6.07, 6.45) is 1.07. The van der Waals surface area contributed by atoms with Gasteiger partial charge >= 0.3 is 6.03 Å². The van der Waals surface area contributed by atoms with Crippen molar-refractivity contribution in [2.75, 3.05) is 22.8 Å². The molecule has 2 aromatic rings. The molecule has 4 N–H and O–H groups in total. The van der Waals surface area contributed by atoms with E-state index in [2.05, 4.69) is 20.7 Å². The van der Waals surface area contributed by atoms with Gasteiger partial charge in [0.05, 0.1) is 18.0 Å². The second-order valence-electron chi connectivity index (χ2n) is 7.46. The van der Waals surface area contributed by atoms with Crippen molar-refractivity contribution < 1.29 is 18.0 Å². The van der Waals surface area contributed by atoms with Crippen LogP contribution >= 0.6 is 0 Å². The summed E-state index contributed by atoms with van der Waals surface area (Å²) < 4.78 is 25.5. The van der Waals surface area contributed by atoms with E-state index >= 15 is 0 Å². The number of urea groups is 1. The van der Waals surface area contributed by atoms with E-state index in [1.54, 1.807) is 55.5 Å². The molecule has 8 nitrogen and oxygen atoms in total. The number of hydrogen-bond donors (Lipinski definition) is 4. The fraction of sp³-hybridized carbons (Fsp3) is 0.333. The third kappa shape index (κ3) is 7.40. The average Bonchev–Trinajstić information content (AvgIpc) is 2.65. The second kappa shape index (κ2) is 10.1. The van der Waals surface area contributed by atoms with Crippen LogP contribution in [-0.4, -0.2) is 33.2 Å². The zero-order chi connectivity index (χ0) is 22.3. The molecule has 9 heteroatoms. The fourth-order valence-electron chi connectivity index (χ4n) is 2.71. The Morgan fingerprint density at radius 1 is 0.967 bits per heavy atom. The summed E-state index contributed by atoms with van der Waals surface area (Å²) in [5, 5.41) is 8.32. The maximum atomic E-state index is 12.3. The summed E-state index contributed by atoms with van der Waals surface area (Å²) in [5.41, 5.74) is 2.08. The molecule has 0 spiro atoms. The Bertz CT molecular complexity index is 988. The van der Waals surface area contributed by atoms with E-state index in [9.17, 15) is 18.0 Å². The SMILES string of the molecule is CC(C)CNC(=O)c1ccc(NC(=O)NC(C)c2ccccc2NS(C)(=O)=O)cc1. The topological polar surface area (TPSA) is 116 Å². The van der Waals surface area contributed by atoms with Crippen LogP contribution < -0.4 is 20.7 Å². The summed E-state index contributed by atoms with van der Waals surface area (Å²) in [5.74, 6) is 0.196. The Balaban J connectivity index is 1.98. The van der Waals surface area contributed by atoms with Gasteiger partial charge in [-0.25, -0.2) is 13.2 Å². The van der Waals surface area contributed by atoms with E-state index in [0.717, 1.165) is 6.26 Å². The van der Waals surface area contributed by atoms with Crippen LogP contribution in [0, 0.1) is 5.92 Å². The van der Waals surface area contributed by atoms with Gasteiger partial charge in [0, 0.05) is 17.8 Å². The van der Waals surface area contributed by atoms with Crippen LogP contribution in [0.3, 0.4) is 0 Å². The maximum absolute atomic E-state index is 12.3. The first kappa shape index (κ1) is 23.2. The molecule has 0 aliphatic heterocycles. The quantitative estimate of drug-likeness (QED) is 0.512. The van der Waals surface area contributed by atoms with Gasteiger partial charge in [-0.1, -0.05) is 32.0 Å². The van der Waals surface area contributed by atoms with Crippen LogP contribution in [-0.2, 0) is 10.0 Å². The lowest BCUT2D eigenvalue weighted by molar-refractivity contribution is 0.0949. The number of benzene rings is 2. The van der Waals surface area contributed by atoms with Crippen molar-refractivity contribution in [3.63, 3.8) is 0 Å². The highest BCUT2D eigenvalue weighted by Gasteiger charge is 2.15. The molecule has 0 fully saturated rings. The third-order valence-electron chi connectivity index (χ3n) is 4.15. The van der Waals surface area contributed by atoms with Crippen molar-refractivity contribution in [2.45, 2.75) is 26.8 Å². The number of amides is 3. The summed E-state index contributed by atoms with van der Waals surface area (Å²) in [4.78, 5) is 24.4. The molecule has 0 aromatic heterocycles. The van der Waals surface area contributed by atoms with Gasteiger partial charge in [-0.15, -0.1) is 0 Å².